The first-order valence-corrected chi connectivity index (χ1v) is 7.25. The predicted molar refractivity (Wildman–Crippen MR) is 81.1 cm³/mol. The molecular weight excluding hydrogens is 248 g/mol. The van der Waals surface area contributed by atoms with E-state index < -0.39 is 0 Å². The summed E-state index contributed by atoms with van der Waals surface area (Å²) >= 11 is 0. The Labute approximate surface area is 120 Å². The van der Waals surface area contributed by atoms with Gasteiger partial charge in [-0.2, -0.15) is 0 Å². The van der Waals surface area contributed by atoms with E-state index in [4.69, 9.17) is 10.5 Å². The molecule has 1 aliphatic carbocycles. The van der Waals surface area contributed by atoms with E-state index in [2.05, 4.69) is 36.0 Å². The van der Waals surface area contributed by atoms with Gasteiger partial charge in [-0.3, -0.25) is 0 Å². The molecule has 1 aromatic carbocycles. The van der Waals surface area contributed by atoms with Crippen molar-refractivity contribution in [3.05, 3.63) is 52.8 Å². The first-order valence-electron chi connectivity index (χ1n) is 7.25. The molecule has 3 rings (SSSR count). The summed E-state index contributed by atoms with van der Waals surface area (Å²) < 4.78 is 7.70. The lowest BCUT2D eigenvalue weighted by molar-refractivity contribution is 0.408. The quantitative estimate of drug-likeness (QED) is 0.930. The molecule has 0 saturated carbocycles. The van der Waals surface area contributed by atoms with Crippen LogP contribution < -0.4 is 10.5 Å². The molecule has 0 spiro atoms. The van der Waals surface area contributed by atoms with Crippen molar-refractivity contribution in [2.24, 2.45) is 5.73 Å². The van der Waals surface area contributed by atoms with Crippen LogP contribution in [-0.4, -0.2) is 11.7 Å². The van der Waals surface area contributed by atoms with Crippen LogP contribution in [0.4, 0.5) is 0 Å². The third kappa shape index (κ3) is 2.46. The Balaban J connectivity index is 1.90. The Morgan fingerprint density at radius 3 is 2.95 bits per heavy atom. The molecule has 0 bridgehead atoms. The number of ether oxygens (including phenoxy) is 1. The minimum absolute atomic E-state index is 0.208. The van der Waals surface area contributed by atoms with Crippen LogP contribution in [0.15, 0.2) is 30.6 Å². The molecule has 0 radical (unpaired) electrons. The molecule has 0 amide bonds. The molecule has 1 atom stereocenters. The van der Waals surface area contributed by atoms with Gasteiger partial charge in [0, 0.05) is 24.0 Å². The lowest BCUT2D eigenvalue weighted by Crippen LogP contribution is -2.15. The molecule has 2 aromatic rings. The van der Waals surface area contributed by atoms with Gasteiger partial charge in [0.2, 0.25) is 0 Å². The van der Waals surface area contributed by atoms with Gasteiger partial charge in [0.25, 0.3) is 0 Å². The number of aryl methyl sites for hydroxylation is 2. The summed E-state index contributed by atoms with van der Waals surface area (Å²) in [6.07, 6.45) is 7.91. The molecule has 0 fully saturated rings. The monoisotopic (exact) mass is 270 g/mol. The van der Waals surface area contributed by atoms with Gasteiger partial charge < -0.3 is 15.0 Å². The van der Waals surface area contributed by atoms with E-state index in [1.807, 2.05) is 6.07 Å². The van der Waals surface area contributed by atoms with E-state index in [0.29, 0.717) is 0 Å². The summed E-state index contributed by atoms with van der Waals surface area (Å²) in [5.74, 6) is 0.951. The fourth-order valence-electron chi connectivity index (χ4n) is 3.10. The lowest BCUT2D eigenvalue weighted by Gasteiger charge is -2.17. The van der Waals surface area contributed by atoms with Crippen LogP contribution in [0.25, 0.3) is 0 Å². The molecular formula is C17H22N2O. The molecule has 1 unspecified atom stereocenters. The minimum Gasteiger partial charge on any atom is -0.496 e. The number of fused-ring (bicyclic) bond motifs is 1. The first-order chi connectivity index (χ1) is 9.67. The zero-order valence-corrected chi connectivity index (χ0v) is 12.2. The van der Waals surface area contributed by atoms with Crippen LogP contribution >= 0.6 is 0 Å². The summed E-state index contributed by atoms with van der Waals surface area (Å²) in [6, 6.07) is 6.52. The average molecular weight is 270 g/mol. The van der Waals surface area contributed by atoms with Crippen LogP contribution in [0, 0.1) is 6.92 Å². The predicted octanol–water partition coefficient (Wildman–Crippen LogP) is 3.19. The maximum Gasteiger partial charge on any atom is 0.123 e. The molecule has 1 aromatic heterocycles. The SMILES string of the molecule is COc1ccc(C)cc1Cn1cc2c(c1)C(N)CCC2. The van der Waals surface area contributed by atoms with Crippen LogP contribution in [0.1, 0.15) is 41.1 Å². The number of nitrogens with zero attached hydrogens (tertiary/aromatic N) is 1. The Hall–Kier alpha value is -1.74. The van der Waals surface area contributed by atoms with Crippen LogP contribution in [-0.2, 0) is 13.0 Å². The van der Waals surface area contributed by atoms with Crippen LogP contribution in [0.2, 0.25) is 0 Å². The van der Waals surface area contributed by atoms with Gasteiger partial charge >= 0.3 is 0 Å². The van der Waals surface area contributed by atoms with Gasteiger partial charge in [-0.15, -0.1) is 0 Å². The maximum atomic E-state index is 6.20. The van der Waals surface area contributed by atoms with Gasteiger partial charge in [0.15, 0.2) is 0 Å². The summed E-state index contributed by atoms with van der Waals surface area (Å²) in [6.45, 7) is 2.95. The van der Waals surface area contributed by atoms with Crippen molar-refractivity contribution in [1.29, 1.82) is 0 Å². The lowest BCUT2D eigenvalue weighted by atomic mass is 9.92. The summed E-state index contributed by atoms with van der Waals surface area (Å²) in [7, 11) is 1.73. The van der Waals surface area contributed by atoms with Gasteiger partial charge in [-0.1, -0.05) is 17.7 Å². The molecule has 3 nitrogen and oxygen atoms in total. The smallest absolute Gasteiger partial charge is 0.123 e. The standard InChI is InChI=1S/C17H22N2O/c1-12-6-7-17(20-2)14(8-12)10-19-9-13-4-3-5-16(18)15(13)11-19/h6-9,11,16H,3-5,10,18H2,1-2H3. The fraction of sp³-hybridized carbons (Fsp3) is 0.412. The molecule has 3 heteroatoms. The first kappa shape index (κ1) is 13.3. The largest absolute Gasteiger partial charge is 0.496 e. The van der Waals surface area contributed by atoms with E-state index >= 15 is 0 Å². The van der Waals surface area contributed by atoms with E-state index in [9.17, 15) is 0 Å². The summed E-state index contributed by atoms with van der Waals surface area (Å²) in [4.78, 5) is 0. The van der Waals surface area contributed by atoms with E-state index in [0.717, 1.165) is 25.1 Å². The summed E-state index contributed by atoms with van der Waals surface area (Å²) in [5.41, 5.74) is 11.4. The van der Waals surface area contributed by atoms with E-state index in [-0.39, 0.29) is 6.04 Å². The number of rotatable bonds is 3. The van der Waals surface area contributed by atoms with Crippen LogP contribution in [0.5, 0.6) is 5.75 Å². The van der Waals surface area contributed by atoms with Crippen molar-refractivity contribution in [3.63, 3.8) is 0 Å². The molecule has 1 heterocycles. The van der Waals surface area contributed by atoms with Crippen molar-refractivity contribution in [2.45, 2.75) is 38.8 Å². The highest BCUT2D eigenvalue weighted by atomic mass is 16.5. The van der Waals surface area contributed by atoms with Gasteiger partial charge in [0.05, 0.1) is 13.7 Å². The molecule has 0 aliphatic heterocycles. The van der Waals surface area contributed by atoms with Crippen LogP contribution in [0.3, 0.4) is 0 Å². The van der Waals surface area contributed by atoms with Gasteiger partial charge in [-0.05, 0) is 43.4 Å². The summed E-state index contributed by atoms with van der Waals surface area (Å²) in [5, 5.41) is 0. The number of methoxy groups -OCH3 is 1. The second kappa shape index (κ2) is 5.33. The number of aromatic nitrogens is 1. The van der Waals surface area contributed by atoms with Crippen molar-refractivity contribution in [2.75, 3.05) is 7.11 Å². The Morgan fingerprint density at radius 1 is 1.35 bits per heavy atom. The molecule has 20 heavy (non-hydrogen) atoms. The zero-order chi connectivity index (χ0) is 14.1. The highest BCUT2D eigenvalue weighted by Gasteiger charge is 2.19. The number of nitrogens with two attached hydrogens (primary N) is 1. The Morgan fingerprint density at radius 2 is 2.20 bits per heavy atom. The third-order valence-corrected chi connectivity index (χ3v) is 4.15. The van der Waals surface area contributed by atoms with Crippen molar-refractivity contribution >= 4 is 0 Å². The Kier molecular flexibility index (Phi) is 3.53. The van der Waals surface area contributed by atoms with Gasteiger partial charge in [0.1, 0.15) is 5.75 Å². The highest BCUT2D eigenvalue weighted by Crippen LogP contribution is 2.29. The highest BCUT2D eigenvalue weighted by molar-refractivity contribution is 5.38. The maximum absolute atomic E-state index is 6.20. The fourth-order valence-corrected chi connectivity index (χ4v) is 3.10. The van der Waals surface area contributed by atoms with Gasteiger partial charge in [-0.25, -0.2) is 0 Å². The molecule has 1 aliphatic rings. The molecule has 0 saturated heterocycles. The third-order valence-electron chi connectivity index (χ3n) is 4.15. The van der Waals surface area contributed by atoms with E-state index in [1.165, 1.54) is 28.7 Å². The zero-order valence-electron chi connectivity index (χ0n) is 12.2. The van der Waals surface area contributed by atoms with E-state index in [1.54, 1.807) is 7.11 Å². The second-order valence-electron chi connectivity index (χ2n) is 5.73. The second-order valence-corrected chi connectivity index (χ2v) is 5.73. The van der Waals surface area contributed by atoms with Crippen molar-refractivity contribution in [3.8, 4) is 5.75 Å². The number of hydrogen-bond acceptors (Lipinski definition) is 2. The molecule has 106 valence electrons. The minimum atomic E-state index is 0.208. The number of hydrogen-bond donors (Lipinski definition) is 1. The van der Waals surface area contributed by atoms with Crippen molar-refractivity contribution in [1.82, 2.24) is 4.57 Å². The Bertz CT molecular complexity index is 615. The normalized spacial score (nSPS) is 17.9. The average Bonchev–Trinajstić information content (AvgIpc) is 2.83. The van der Waals surface area contributed by atoms with Crippen molar-refractivity contribution < 1.29 is 4.74 Å². The molecule has 2 N–H and O–H groups in total. The number of benzene rings is 1. The topological polar surface area (TPSA) is 40.2 Å².